The Morgan fingerprint density at radius 1 is 1.03 bits per heavy atom. The van der Waals surface area contributed by atoms with Crippen molar-refractivity contribution in [3.8, 4) is 0 Å². The van der Waals surface area contributed by atoms with E-state index < -0.39 is 0 Å². The number of amides is 2. The Balaban J connectivity index is 1.37. The molecule has 29 heavy (non-hydrogen) atoms. The lowest BCUT2D eigenvalue weighted by atomic mass is 10.1. The fraction of sp³-hybridized carbons (Fsp3) is 0.500. The van der Waals surface area contributed by atoms with Crippen LogP contribution >= 0.6 is 11.3 Å². The fourth-order valence-electron chi connectivity index (χ4n) is 4.20. The molecule has 2 fully saturated rings. The van der Waals surface area contributed by atoms with E-state index >= 15 is 0 Å². The topological polar surface area (TPSA) is 65.5 Å². The molecule has 1 aromatic heterocycles. The molecule has 3 heterocycles. The lowest BCUT2D eigenvalue weighted by molar-refractivity contribution is -0.132. The van der Waals surface area contributed by atoms with E-state index in [2.05, 4.69) is 15.2 Å². The average molecular weight is 413 g/mol. The second-order valence-corrected chi connectivity index (χ2v) is 8.68. The molecule has 1 N–H and O–H groups in total. The highest BCUT2D eigenvalue weighted by atomic mass is 32.1. The summed E-state index contributed by atoms with van der Waals surface area (Å²) in [5.41, 5.74) is 1.58. The highest BCUT2D eigenvalue weighted by Crippen LogP contribution is 2.33. The molecule has 6 nitrogen and oxygen atoms in total. The lowest BCUT2D eigenvalue weighted by Gasteiger charge is -2.27. The lowest BCUT2D eigenvalue weighted by Crippen LogP contribution is -2.40. The molecule has 0 bridgehead atoms. The van der Waals surface area contributed by atoms with Gasteiger partial charge in [0, 0.05) is 24.0 Å². The van der Waals surface area contributed by atoms with E-state index in [1.807, 2.05) is 28.5 Å². The Morgan fingerprint density at radius 3 is 2.55 bits per heavy atom. The molecule has 2 aromatic rings. The van der Waals surface area contributed by atoms with Crippen molar-refractivity contribution in [2.24, 2.45) is 0 Å². The van der Waals surface area contributed by atoms with Crippen molar-refractivity contribution in [3.05, 3.63) is 47.0 Å². The van der Waals surface area contributed by atoms with Gasteiger partial charge in [-0.1, -0.05) is 31.0 Å². The molecular formula is C22H28N4O2S. The molecule has 7 heteroatoms. The summed E-state index contributed by atoms with van der Waals surface area (Å²) in [4.78, 5) is 34.1. The van der Waals surface area contributed by atoms with Gasteiger partial charge >= 0.3 is 0 Å². The van der Waals surface area contributed by atoms with Crippen LogP contribution in [-0.2, 0) is 4.79 Å². The second kappa shape index (κ2) is 9.50. The SMILES string of the molecule is O=C(Nc1nc(C2CCCN2CC(=O)N2CCCCCC2)cs1)c1ccccc1. The number of anilines is 1. The standard InChI is InChI=1S/C22H28N4O2S/c27-20(25-12-6-1-2-7-13-25)15-26-14-8-11-19(26)18-16-29-22(23-18)24-21(28)17-9-4-3-5-10-17/h3-5,9-10,16,19H,1-2,6-8,11-15H2,(H,23,24,28). The van der Waals surface area contributed by atoms with Crippen LogP contribution in [0.25, 0.3) is 0 Å². The first-order valence-corrected chi connectivity index (χ1v) is 11.4. The predicted molar refractivity (Wildman–Crippen MR) is 115 cm³/mol. The number of hydrogen-bond donors (Lipinski definition) is 1. The third-order valence-electron chi connectivity index (χ3n) is 5.78. The molecule has 1 unspecified atom stereocenters. The second-order valence-electron chi connectivity index (χ2n) is 7.82. The van der Waals surface area contributed by atoms with Gasteiger partial charge in [-0.15, -0.1) is 11.3 Å². The monoisotopic (exact) mass is 412 g/mol. The average Bonchev–Trinajstić information content (AvgIpc) is 3.29. The smallest absolute Gasteiger partial charge is 0.257 e. The van der Waals surface area contributed by atoms with E-state index in [9.17, 15) is 9.59 Å². The van der Waals surface area contributed by atoms with Crippen molar-refractivity contribution in [1.82, 2.24) is 14.8 Å². The molecule has 2 amide bonds. The van der Waals surface area contributed by atoms with Crippen LogP contribution in [0.3, 0.4) is 0 Å². The molecule has 1 aromatic carbocycles. The van der Waals surface area contributed by atoms with Crippen molar-refractivity contribution in [2.45, 2.75) is 44.6 Å². The molecular weight excluding hydrogens is 384 g/mol. The van der Waals surface area contributed by atoms with Crippen LogP contribution in [0.4, 0.5) is 5.13 Å². The first-order chi connectivity index (χ1) is 14.2. The minimum Gasteiger partial charge on any atom is -0.342 e. The van der Waals surface area contributed by atoms with Crippen molar-refractivity contribution in [1.29, 1.82) is 0 Å². The van der Waals surface area contributed by atoms with Crippen LogP contribution in [0, 0.1) is 0 Å². The fourth-order valence-corrected chi connectivity index (χ4v) is 4.95. The third-order valence-corrected chi connectivity index (χ3v) is 6.56. The number of carbonyl (C=O) groups is 2. The Labute approximate surface area is 175 Å². The van der Waals surface area contributed by atoms with Crippen molar-refractivity contribution in [2.75, 3.05) is 31.5 Å². The molecule has 0 radical (unpaired) electrons. The summed E-state index contributed by atoms with van der Waals surface area (Å²) in [5, 5.41) is 5.52. The van der Waals surface area contributed by atoms with Crippen LogP contribution in [0.15, 0.2) is 35.7 Å². The number of thiazole rings is 1. The minimum absolute atomic E-state index is 0.147. The number of nitrogens with one attached hydrogen (secondary N) is 1. The molecule has 4 rings (SSSR count). The van der Waals surface area contributed by atoms with Gasteiger partial charge in [0.1, 0.15) is 0 Å². The minimum atomic E-state index is -0.147. The van der Waals surface area contributed by atoms with Crippen molar-refractivity contribution < 1.29 is 9.59 Å². The summed E-state index contributed by atoms with van der Waals surface area (Å²) >= 11 is 1.45. The first-order valence-electron chi connectivity index (χ1n) is 10.5. The molecule has 0 spiro atoms. The maximum Gasteiger partial charge on any atom is 0.257 e. The Hall–Kier alpha value is -2.25. The molecule has 2 saturated heterocycles. The van der Waals surface area contributed by atoms with Gasteiger partial charge < -0.3 is 4.90 Å². The molecule has 1 atom stereocenters. The van der Waals surface area contributed by atoms with Crippen molar-refractivity contribution in [3.63, 3.8) is 0 Å². The highest BCUT2D eigenvalue weighted by molar-refractivity contribution is 7.14. The molecule has 154 valence electrons. The zero-order valence-electron chi connectivity index (χ0n) is 16.7. The van der Waals surface area contributed by atoms with Crippen LogP contribution in [0.2, 0.25) is 0 Å². The predicted octanol–water partition coefficient (Wildman–Crippen LogP) is 3.93. The van der Waals surface area contributed by atoms with Gasteiger partial charge in [0.2, 0.25) is 5.91 Å². The maximum absolute atomic E-state index is 12.8. The van der Waals surface area contributed by atoms with Crippen LogP contribution in [0.1, 0.15) is 60.6 Å². The largest absolute Gasteiger partial charge is 0.342 e. The normalized spacial score (nSPS) is 20.4. The van der Waals surface area contributed by atoms with Gasteiger partial charge in [-0.05, 0) is 44.4 Å². The number of likely N-dealkylation sites (tertiary alicyclic amines) is 2. The number of carbonyl (C=O) groups excluding carboxylic acids is 2. The number of rotatable bonds is 5. The Bertz CT molecular complexity index is 830. The van der Waals surface area contributed by atoms with Gasteiger partial charge in [-0.25, -0.2) is 4.98 Å². The van der Waals surface area contributed by atoms with E-state index in [4.69, 9.17) is 0 Å². The van der Waals surface area contributed by atoms with Gasteiger partial charge in [0.05, 0.1) is 18.3 Å². The van der Waals surface area contributed by atoms with Gasteiger partial charge in [-0.2, -0.15) is 0 Å². The van der Waals surface area contributed by atoms with E-state index in [-0.39, 0.29) is 17.9 Å². The summed E-state index contributed by atoms with van der Waals surface area (Å²) in [6.45, 7) is 3.18. The van der Waals surface area contributed by atoms with Crippen LogP contribution in [-0.4, -0.2) is 52.8 Å². The number of hydrogen-bond acceptors (Lipinski definition) is 5. The third kappa shape index (κ3) is 5.03. The summed E-state index contributed by atoms with van der Waals surface area (Å²) in [6, 6.07) is 9.32. The summed E-state index contributed by atoms with van der Waals surface area (Å²) in [7, 11) is 0. The Morgan fingerprint density at radius 2 is 1.79 bits per heavy atom. The highest BCUT2D eigenvalue weighted by Gasteiger charge is 2.31. The number of nitrogens with zero attached hydrogens (tertiary/aromatic N) is 3. The van der Waals surface area contributed by atoms with Gasteiger partial charge in [0.25, 0.3) is 5.91 Å². The molecule has 2 aliphatic rings. The quantitative estimate of drug-likeness (QED) is 0.808. The zero-order valence-corrected chi connectivity index (χ0v) is 17.5. The van der Waals surface area contributed by atoms with Gasteiger partial charge in [0.15, 0.2) is 5.13 Å². The van der Waals surface area contributed by atoms with E-state index in [0.29, 0.717) is 17.2 Å². The summed E-state index contributed by atoms with van der Waals surface area (Å²) in [6.07, 6.45) is 6.76. The van der Waals surface area contributed by atoms with Crippen LogP contribution in [0.5, 0.6) is 0 Å². The number of aromatic nitrogens is 1. The van der Waals surface area contributed by atoms with E-state index in [0.717, 1.165) is 51.0 Å². The molecule has 0 saturated carbocycles. The maximum atomic E-state index is 12.8. The van der Waals surface area contributed by atoms with E-state index in [1.54, 1.807) is 12.1 Å². The molecule has 0 aliphatic carbocycles. The summed E-state index contributed by atoms with van der Waals surface area (Å²) in [5.74, 6) is 0.0951. The van der Waals surface area contributed by atoms with Crippen LogP contribution < -0.4 is 5.32 Å². The van der Waals surface area contributed by atoms with Crippen molar-refractivity contribution >= 4 is 28.3 Å². The zero-order chi connectivity index (χ0) is 20.1. The summed E-state index contributed by atoms with van der Waals surface area (Å²) < 4.78 is 0. The molecule has 2 aliphatic heterocycles. The number of benzene rings is 1. The Kier molecular flexibility index (Phi) is 6.56. The van der Waals surface area contributed by atoms with Gasteiger partial charge in [-0.3, -0.25) is 19.8 Å². The first kappa shape index (κ1) is 20.0. The van der Waals surface area contributed by atoms with E-state index in [1.165, 1.54) is 24.2 Å².